The van der Waals surface area contributed by atoms with Crippen molar-refractivity contribution in [3.8, 4) is 11.1 Å². The van der Waals surface area contributed by atoms with Gasteiger partial charge in [-0.2, -0.15) is 0 Å². The molecule has 0 atom stereocenters. The summed E-state index contributed by atoms with van der Waals surface area (Å²) < 4.78 is 0. The zero-order chi connectivity index (χ0) is 15.9. The zero-order valence-corrected chi connectivity index (χ0v) is 13.4. The Morgan fingerprint density at radius 3 is 2.39 bits per heavy atom. The summed E-state index contributed by atoms with van der Waals surface area (Å²) >= 11 is 0. The molecule has 0 N–H and O–H groups in total. The molecule has 0 bridgehead atoms. The number of pyridine rings is 1. The Hall–Kier alpha value is -2.36. The number of anilines is 1. The summed E-state index contributed by atoms with van der Waals surface area (Å²) in [6.45, 7) is 0.764. The number of benzene rings is 1. The summed E-state index contributed by atoms with van der Waals surface area (Å²) in [4.78, 5) is 21.0. The van der Waals surface area contributed by atoms with Gasteiger partial charge < -0.3 is 4.90 Å². The number of rotatable bonds is 2. The number of carbonyl (C=O) groups excluding carboxylic acids is 1. The Labute approximate surface area is 136 Å². The Kier molecular flexibility index (Phi) is 3.33. The van der Waals surface area contributed by atoms with Crippen molar-refractivity contribution in [1.29, 1.82) is 0 Å². The average molecular weight is 307 g/mol. The normalized spacial score (nSPS) is 19.8. The summed E-state index contributed by atoms with van der Waals surface area (Å²) in [7, 11) is 1.94. The van der Waals surface area contributed by atoms with Crippen LogP contribution in [0.3, 0.4) is 0 Å². The fourth-order valence-electron chi connectivity index (χ4n) is 3.90. The third kappa shape index (κ3) is 2.29. The van der Waals surface area contributed by atoms with Gasteiger partial charge in [0, 0.05) is 18.8 Å². The van der Waals surface area contributed by atoms with E-state index in [4.69, 9.17) is 0 Å². The van der Waals surface area contributed by atoms with Gasteiger partial charge in [0.2, 0.25) is 0 Å². The number of urea groups is 1. The molecule has 2 fully saturated rings. The van der Waals surface area contributed by atoms with E-state index in [1.807, 2.05) is 53.4 Å². The smallest absolute Gasteiger partial charge is 0.320 e. The second-order valence-electron chi connectivity index (χ2n) is 6.63. The lowest BCUT2D eigenvalue weighted by Gasteiger charge is -2.29. The third-order valence-corrected chi connectivity index (χ3v) is 5.35. The molecule has 1 saturated carbocycles. The molecule has 0 unspecified atom stereocenters. The van der Waals surface area contributed by atoms with Crippen molar-refractivity contribution in [2.24, 2.45) is 0 Å². The van der Waals surface area contributed by atoms with Crippen molar-refractivity contribution in [2.75, 3.05) is 18.5 Å². The lowest BCUT2D eigenvalue weighted by atomic mass is 9.97. The number of aromatic nitrogens is 1. The number of nitrogens with zero attached hydrogens (tertiary/aromatic N) is 3. The van der Waals surface area contributed by atoms with Gasteiger partial charge in [0.05, 0.1) is 12.1 Å². The molecule has 2 heterocycles. The maximum atomic E-state index is 12.6. The summed E-state index contributed by atoms with van der Waals surface area (Å²) in [5.41, 5.74) is 2.24. The minimum atomic E-state index is 0.0247. The molecule has 4 nitrogen and oxygen atoms in total. The molecule has 23 heavy (non-hydrogen) atoms. The summed E-state index contributed by atoms with van der Waals surface area (Å²) in [6.07, 6.45) is 6.50. The average Bonchev–Trinajstić information content (AvgIpc) is 3.18. The van der Waals surface area contributed by atoms with Crippen LogP contribution in [0.4, 0.5) is 10.6 Å². The molecular formula is C19H21N3O. The van der Waals surface area contributed by atoms with Crippen LogP contribution in [0.2, 0.25) is 0 Å². The molecule has 4 rings (SSSR count). The van der Waals surface area contributed by atoms with Gasteiger partial charge in [-0.05, 0) is 30.5 Å². The van der Waals surface area contributed by atoms with Crippen molar-refractivity contribution < 1.29 is 4.79 Å². The van der Waals surface area contributed by atoms with Crippen molar-refractivity contribution in [2.45, 2.75) is 31.2 Å². The van der Waals surface area contributed by atoms with Gasteiger partial charge in [0.15, 0.2) is 0 Å². The van der Waals surface area contributed by atoms with E-state index in [1.54, 1.807) is 0 Å². The highest BCUT2D eigenvalue weighted by Gasteiger charge is 2.49. The van der Waals surface area contributed by atoms with Gasteiger partial charge in [-0.3, -0.25) is 4.90 Å². The highest BCUT2D eigenvalue weighted by molar-refractivity contribution is 5.94. The summed E-state index contributed by atoms with van der Waals surface area (Å²) in [5, 5.41) is 0. The molecule has 1 saturated heterocycles. The minimum absolute atomic E-state index is 0.0247. The maximum absolute atomic E-state index is 12.6. The SMILES string of the molecule is CN1C(=O)N(c2ccc(-c3ccccc3)cn2)CC12CCCC2. The van der Waals surface area contributed by atoms with Gasteiger partial charge in [-0.1, -0.05) is 43.2 Å². The Balaban J connectivity index is 1.60. The fraction of sp³-hybridized carbons (Fsp3) is 0.368. The molecule has 2 aliphatic rings. The van der Waals surface area contributed by atoms with Crippen molar-refractivity contribution in [3.05, 3.63) is 48.7 Å². The van der Waals surface area contributed by atoms with E-state index in [1.165, 1.54) is 12.8 Å². The zero-order valence-electron chi connectivity index (χ0n) is 13.4. The third-order valence-electron chi connectivity index (χ3n) is 5.35. The van der Waals surface area contributed by atoms with Crippen LogP contribution in [0.15, 0.2) is 48.7 Å². The highest BCUT2D eigenvalue weighted by Crippen LogP contribution is 2.41. The lowest BCUT2D eigenvalue weighted by Crippen LogP contribution is -2.41. The van der Waals surface area contributed by atoms with Gasteiger partial charge >= 0.3 is 6.03 Å². The van der Waals surface area contributed by atoms with Gasteiger partial charge in [-0.25, -0.2) is 9.78 Å². The number of amides is 2. The summed E-state index contributed by atoms with van der Waals surface area (Å²) in [6, 6.07) is 14.3. The predicted molar refractivity (Wildman–Crippen MR) is 91.4 cm³/mol. The monoisotopic (exact) mass is 307 g/mol. The molecule has 1 aromatic heterocycles. The Morgan fingerprint density at radius 1 is 1.00 bits per heavy atom. The molecule has 1 aromatic carbocycles. The Morgan fingerprint density at radius 2 is 1.74 bits per heavy atom. The molecule has 118 valence electrons. The molecule has 1 spiro atoms. The number of likely N-dealkylation sites (N-methyl/N-ethyl adjacent to an activating group) is 1. The quantitative estimate of drug-likeness (QED) is 0.843. The molecule has 1 aliphatic heterocycles. The molecular weight excluding hydrogens is 286 g/mol. The van der Waals surface area contributed by atoms with E-state index in [-0.39, 0.29) is 11.6 Å². The molecule has 2 aromatic rings. The van der Waals surface area contributed by atoms with E-state index in [9.17, 15) is 4.79 Å². The van der Waals surface area contributed by atoms with Crippen molar-refractivity contribution in [3.63, 3.8) is 0 Å². The molecule has 2 amide bonds. The van der Waals surface area contributed by atoms with Crippen molar-refractivity contribution in [1.82, 2.24) is 9.88 Å². The van der Waals surface area contributed by atoms with Crippen LogP contribution in [0.25, 0.3) is 11.1 Å². The lowest BCUT2D eigenvalue weighted by molar-refractivity contribution is 0.182. The van der Waals surface area contributed by atoms with E-state index < -0.39 is 0 Å². The first-order valence-electron chi connectivity index (χ1n) is 8.26. The number of hydrogen-bond acceptors (Lipinski definition) is 2. The van der Waals surface area contributed by atoms with Gasteiger partial charge in [0.1, 0.15) is 5.82 Å². The van der Waals surface area contributed by atoms with Crippen LogP contribution in [0.5, 0.6) is 0 Å². The fourth-order valence-corrected chi connectivity index (χ4v) is 3.90. The van der Waals surface area contributed by atoms with Crippen LogP contribution in [0.1, 0.15) is 25.7 Å². The minimum Gasteiger partial charge on any atom is -0.320 e. The number of hydrogen-bond donors (Lipinski definition) is 0. The first-order valence-corrected chi connectivity index (χ1v) is 8.26. The predicted octanol–water partition coefficient (Wildman–Crippen LogP) is 3.93. The van der Waals surface area contributed by atoms with Gasteiger partial charge in [-0.15, -0.1) is 0 Å². The second kappa shape index (κ2) is 5.37. The highest BCUT2D eigenvalue weighted by atomic mass is 16.2. The topological polar surface area (TPSA) is 36.4 Å². The van der Waals surface area contributed by atoms with Crippen LogP contribution in [-0.2, 0) is 0 Å². The first-order chi connectivity index (χ1) is 11.2. The largest absolute Gasteiger partial charge is 0.326 e. The number of carbonyl (C=O) groups is 1. The molecule has 0 radical (unpaired) electrons. The van der Waals surface area contributed by atoms with Crippen LogP contribution < -0.4 is 4.90 Å². The van der Waals surface area contributed by atoms with Crippen LogP contribution in [-0.4, -0.2) is 35.0 Å². The van der Waals surface area contributed by atoms with E-state index in [0.717, 1.165) is 36.3 Å². The van der Waals surface area contributed by atoms with E-state index in [0.29, 0.717) is 0 Å². The first kappa shape index (κ1) is 14.2. The molecule has 4 heteroatoms. The van der Waals surface area contributed by atoms with E-state index in [2.05, 4.69) is 17.1 Å². The summed E-state index contributed by atoms with van der Waals surface area (Å²) in [5.74, 6) is 0.755. The second-order valence-corrected chi connectivity index (χ2v) is 6.63. The molecule has 1 aliphatic carbocycles. The maximum Gasteiger partial charge on any atom is 0.326 e. The van der Waals surface area contributed by atoms with Crippen molar-refractivity contribution >= 4 is 11.8 Å². The van der Waals surface area contributed by atoms with Crippen LogP contribution >= 0.6 is 0 Å². The van der Waals surface area contributed by atoms with Crippen LogP contribution in [0, 0.1) is 0 Å². The Bertz CT molecular complexity index is 705. The standard InChI is InChI=1S/C19H21N3O/c1-21-18(23)22(14-19(21)11-5-6-12-19)17-10-9-16(13-20-17)15-7-3-2-4-8-15/h2-4,7-10,13H,5-6,11-12,14H2,1H3. The van der Waals surface area contributed by atoms with E-state index >= 15 is 0 Å². The van der Waals surface area contributed by atoms with Gasteiger partial charge in [0.25, 0.3) is 0 Å².